The maximum Gasteiger partial charge on any atom is 0.0502 e. The molecule has 1 fully saturated rings. The number of methoxy groups -OCH3 is 1. The van der Waals surface area contributed by atoms with Crippen molar-refractivity contribution >= 4 is 0 Å². The third kappa shape index (κ3) is 3.89. The van der Waals surface area contributed by atoms with Gasteiger partial charge >= 0.3 is 0 Å². The topological polar surface area (TPSA) is 32.7 Å². The number of nitrogens with zero attached hydrogens (tertiary/aromatic N) is 1. The van der Waals surface area contributed by atoms with Gasteiger partial charge in [0.2, 0.25) is 0 Å². The van der Waals surface area contributed by atoms with Crippen LogP contribution in [0.5, 0.6) is 0 Å². The minimum atomic E-state index is 0.0626. The highest BCUT2D eigenvalue weighted by Gasteiger charge is 2.33. The molecule has 3 heteroatoms. The summed E-state index contributed by atoms with van der Waals surface area (Å²) >= 11 is 0. The number of hydrogen-bond donors (Lipinski definition) is 1. The van der Waals surface area contributed by atoms with Crippen LogP contribution in [0.2, 0.25) is 0 Å². The number of aliphatic hydroxyl groups excluding tert-OH is 1. The fourth-order valence-electron chi connectivity index (χ4n) is 2.60. The predicted octanol–water partition coefficient (Wildman–Crippen LogP) is 1.67. The first kappa shape index (κ1) is 13.7. The van der Waals surface area contributed by atoms with Crippen molar-refractivity contribution in [2.45, 2.75) is 25.7 Å². The van der Waals surface area contributed by atoms with Crippen molar-refractivity contribution in [2.75, 3.05) is 40.0 Å². The van der Waals surface area contributed by atoms with Crippen LogP contribution < -0.4 is 0 Å². The number of rotatable bonds is 7. The zero-order valence-corrected chi connectivity index (χ0v) is 10.5. The van der Waals surface area contributed by atoms with Crippen LogP contribution in [0.4, 0.5) is 0 Å². The lowest BCUT2D eigenvalue weighted by Gasteiger charge is -2.41. The summed E-state index contributed by atoms with van der Waals surface area (Å²) in [6, 6.07) is 0. The normalized spacial score (nSPS) is 26.9. The molecule has 1 heterocycles. The van der Waals surface area contributed by atoms with E-state index < -0.39 is 0 Å². The summed E-state index contributed by atoms with van der Waals surface area (Å²) < 4.78 is 5.07. The molecule has 94 valence electrons. The molecule has 0 radical (unpaired) electrons. The van der Waals surface area contributed by atoms with Gasteiger partial charge in [-0.1, -0.05) is 6.08 Å². The van der Waals surface area contributed by atoms with Crippen molar-refractivity contribution in [3.63, 3.8) is 0 Å². The van der Waals surface area contributed by atoms with Gasteiger partial charge in [-0.15, -0.1) is 6.58 Å². The van der Waals surface area contributed by atoms with Crippen molar-refractivity contribution in [3.05, 3.63) is 12.7 Å². The average Bonchev–Trinajstić information content (AvgIpc) is 2.30. The minimum Gasteiger partial charge on any atom is -0.396 e. The maximum atomic E-state index is 9.56. The Labute approximate surface area is 99.1 Å². The average molecular weight is 227 g/mol. The third-order valence-corrected chi connectivity index (χ3v) is 3.48. The van der Waals surface area contributed by atoms with Gasteiger partial charge < -0.3 is 14.7 Å². The van der Waals surface area contributed by atoms with Gasteiger partial charge in [-0.2, -0.15) is 0 Å². The van der Waals surface area contributed by atoms with E-state index in [4.69, 9.17) is 4.74 Å². The molecule has 1 rings (SSSR count). The molecular formula is C13H25NO2. The summed E-state index contributed by atoms with van der Waals surface area (Å²) in [5.74, 6) is 0. The first-order chi connectivity index (χ1) is 7.76. The zero-order chi connectivity index (χ0) is 11.9. The Morgan fingerprint density at radius 3 is 3.00 bits per heavy atom. The molecule has 0 unspecified atom stereocenters. The van der Waals surface area contributed by atoms with E-state index in [0.29, 0.717) is 0 Å². The van der Waals surface area contributed by atoms with Crippen LogP contribution in [0.15, 0.2) is 12.7 Å². The van der Waals surface area contributed by atoms with Gasteiger partial charge in [0.1, 0.15) is 0 Å². The van der Waals surface area contributed by atoms with E-state index in [0.717, 1.165) is 45.5 Å². The van der Waals surface area contributed by atoms with E-state index >= 15 is 0 Å². The Morgan fingerprint density at radius 2 is 2.38 bits per heavy atom. The lowest BCUT2D eigenvalue weighted by atomic mass is 9.78. The van der Waals surface area contributed by atoms with Crippen LogP contribution in [-0.2, 0) is 4.74 Å². The Hall–Kier alpha value is -0.380. The van der Waals surface area contributed by atoms with Crippen molar-refractivity contribution in [2.24, 2.45) is 5.41 Å². The molecule has 1 aliphatic rings. The molecule has 3 nitrogen and oxygen atoms in total. The van der Waals surface area contributed by atoms with Gasteiger partial charge in [-0.05, 0) is 32.2 Å². The summed E-state index contributed by atoms with van der Waals surface area (Å²) in [7, 11) is 1.74. The minimum absolute atomic E-state index is 0.0626. The van der Waals surface area contributed by atoms with Crippen LogP contribution in [-0.4, -0.2) is 50.0 Å². The summed E-state index contributed by atoms with van der Waals surface area (Å²) in [5.41, 5.74) is 0.0626. The highest BCUT2D eigenvalue weighted by Crippen LogP contribution is 2.33. The molecule has 1 aliphatic heterocycles. The number of ether oxygens (including phenoxy) is 1. The van der Waals surface area contributed by atoms with E-state index in [9.17, 15) is 5.11 Å². The zero-order valence-electron chi connectivity index (χ0n) is 10.5. The first-order valence-electron chi connectivity index (χ1n) is 6.19. The summed E-state index contributed by atoms with van der Waals surface area (Å²) in [5, 5.41) is 9.56. The van der Waals surface area contributed by atoms with Gasteiger partial charge in [-0.25, -0.2) is 0 Å². The first-order valence-corrected chi connectivity index (χ1v) is 6.19. The molecule has 0 spiro atoms. The Kier molecular flexibility index (Phi) is 6.03. The second kappa shape index (κ2) is 7.05. The summed E-state index contributed by atoms with van der Waals surface area (Å²) in [4.78, 5) is 2.45. The molecule has 0 aromatic carbocycles. The Balaban J connectivity index is 2.41. The molecular weight excluding hydrogens is 202 g/mol. The fraction of sp³-hybridized carbons (Fsp3) is 0.846. The van der Waals surface area contributed by atoms with Crippen LogP contribution in [0.3, 0.4) is 0 Å². The number of piperidine rings is 1. The van der Waals surface area contributed by atoms with Crippen molar-refractivity contribution in [3.8, 4) is 0 Å². The fourth-order valence-corrected chi connectivity index (χ4v) is 2.60. The Bertz CT molecular complexity index is 208. The highest BCUT2D eigenvalue weighted by molar-refractivity contribution is 4.91. The van der Waals surface area contributed by atoms with Crippen LogP contribution >= 0.6 is 0 Å². The summed E-state index contributed by atoms with van der Waals surface area (Å²) in [6.07, 6.45) is 6.24. The van der Waals surface area contributed by atoms with Crippen LogP contribution in [0.25, 0.3) is 0 Å². The number of aliphatic hydroxyl groups is 1. The van der Waals surface area contributed by atoms with Gasteiger partial charge in [0.25, 0.3) is 0 Å². The number of hydrogen-bond acceptors (Lipinski definition) is 3. The molecule has 0 aliphatic carbocycles. The standard InChI is InChI=1S/C13H25NO2/c1-3-6-13(12-15)7-4-8-14(11-13)9-5-10-16-2/h3,15H,1,4-12H2,2H3/t13-/m0/s1. The largest absolute Gasteiger partial charge is 0.396 e. The van der Waals surface area contributed by atoms with Gasteiger partial charge in [0.15, 0.2) is 0 Å². The molecule has 0 bridgehead atoms. The SMILES string of the molecule is C=CC[C@]1(CO)CCCN(CCCOC)C1. The Morgan fingerprint density at radius 1 is 1.56 bits per heavy atom. The molecule has 0 amide bonds. The van der Waals surface area contributed by atoms with Gasteiger partial charge in [0.05, 0.1) is 6.61 Å². The highest BCUT2D eigenvalue weighted by atomic mass is 16.5. The molecule has 16 heavy (non-hydrogen) atoms. The van der Waals surface area contributed by atoms with Crippen LogP contribution in [0, 0.1) is 5.41 Å². The quantitative estimate of drug-likeness (QED) is 0.530. The van der Waals surface area contributed by atoms with Crippen molar-refractivity contribution in [1.29, 1.82) is 0 Å². The maximum absolute atomic E-state index is 9.56. The molecule has 1 saturated heterocycles. The molecule has 1 N–H and O–H groups in total. The van der Waals surface area contributed by atoms with E-state index in [1.54, 1.807) is 7.11 Å². The molecule has 0 aromatic heterocycles. The lowest BCUT2D eigenvalue weighted by molar-refractivity contribution is 0.0309. The number of likely N-dealkylation sites (tertiary alicyclic amines) is 1. The lowest BCUT2D eigenvalue weighted by Crippen LogP contribution is -2.45. The van der Waals surface area contributed by atoms with Gasteiger partial charge in [0, 0.05) is 32.2 Å². The van der Waals surface area contributed by atoms with E-state index in [-0.39, 0.29) is 12.0 Å². The van der Waals surface area contributed by atoms with E-state index in [1.165, 1.54) is 6.42 Å². The van der Waals surface area contributed by atoms with Crippen molar-refractivity contribution < 1.29 is 9.84 Å². The smallest absolute Gasteiger partial charge is 0.0502 e. The van der Waals surface area contributed by atoms with Crippen molar-refractivity contribution in [1.82, 2.24) is 4.90 Å². The predicted molar refractivity (Wildman–Crippen MR) is 66.5 cm³/mol. The van der Waals surface area contributed by atoms with Gasteiger partial charge in [-0.3, -0.25) is 0 Å². The third-order valence-electron chi connectivity index (χ3n) is 3.48. The monoisotopic (exact) mass is 227 g/mol. The number of allylic oxidation sites excluding steroid dienone is 1. The summed E-state index contributed by atoms with van der Waals surface area (Å²) in [6.45, 7) is 8.13. The van der Waals surface area contributed by atoms with E-state index in [2.05, 4.69) is 11.5 Å². The van der Waals surface area contributed by atoms with Crippen LogP contribution in [0.1, 0.15) is 25.7 Å². The molecule has 0 aromatic rings. The van der Waals surface area contributed by atoms with E-state index in [1.807, 2.05) is 6.08 Å². The molecule has 1 atom stereocenters. The molecule has 0 saturated carbocycles. The second-order valence-corrected chi connectivity index (χ2v) is 4.88. The second-order valence-electron chi connectivity index (χ2n) is 4.88.